The summed E-state index contributed by atoms with van der Waals surface area (Å²) in [5.41, 5.74) is -0.303. The molecule has 8 heteroatoms. The number of carbonyl (C=O) groups excluding carboxylic acids is 1. The van der Waals surface area contributed by atoms with E-state index in [1.54, 1.807) is 0 Å². The second kappa shape index (κ2) is 5.96. The lowest BCUT2D eigenvalue weighted by Crippen LogP contribution is -2.24. The molecule has 0 aliphatic heterocycles. The van der Waals surface area contributed by atoms with Gasteiger partial charge in [0.25, 0.3) is 11.6 Å². The number of nitrogens with zero attached hydrogens (tertiary/aromatic N) is 1. The summed E-state index contributed by atoms with van der Waals surface area (Å²) in [6.45, 7) is 2.02. The van der Waals surface area contributed by atoms with E-state index in [1.165, 1.54) is 11.3 Å². The van der Waals surface area contributed by atoms with Crippen LogP contribution in [0.5, 0.6) is 0 Å². The Labute approximate surface area is 122 Å². The fourth-order valence-corrected chi connectivity index (χ4v) is 2.56. The van der Waals surface area contributed by atoms with E-state index in [2.05, 4.69) is 5.32 Å². The Bertz CT molecular complexity index is 715. The highest BCUT2D eigenvalue weighted by atomic mass is 32.1. The molecule has 21 heavy (non-hydrogen) atoms. The zero-order valence-corrected chi connectivity index (χ0v) is 11.7. The molecule has 0 aliphatic rings. The van der Waals surface area contributed by atoms with Crippen LogP contribution >= 0.6 is 11.3 Å². The van der Waals surface area contributed by atoms with Gasteiger partial charge in [0.15, 0.2) is 11.6 Å². The van der Waals surface area contributed by atoms with Crippen LogP contribution in [-0.2, 0) is 6.54 Å². The van der Waals surface area contributed by atoms with Gasteiger partial charge in [-0.3, -0.25) is 14.9 Å². The summed E-state index contributed by atoms with van der Waals surface area (Å²) in [6, 6.07) is 2.80. The lowest BCUT2D eigenvalue weighted by atomic mass is 10.1. The Morgan fingerprint density at radius 1 is 1.38 bits per heavy atom. The summed E-state index contributed by atoms with van der Waals surface area (Å²) in [6.07, 6.45) is 0. The number of nitro groups is 1. The maximum absolute atomic E-state index is 13.2. The molecule has 0 saturated heterocycles. The topological polar surface area (TPSA) is 72.2 Å². The number of carbonyl (C=O) groups is 1. The Balaban J connectivity index is 2.24. The number of hydrogen-bond acceptors (Lipinski definition) is 4. The molecule has 5 nitrogen and oxygen atoms in total. The fourth-order valence-electron chi connectivity index (χ4n) is 1.71. The SMILES string of the molecule is Cc1ccsc1CNC(=O)c1cc(F)c(F)cc1[N+](=O)[O-]. The molecule has 0 fully saturated rings. The van der Waals surface area contributed by atoms with Gasteiger partial charge in [0.2, 0.25) is 0 Å². The fraction of sp³-hybridized carbons (Fsp3) is 0.154. The number of aryl methyl sites for hydroxylation is 1. The van der Waals surface area contributed by atoms with Crippen molar-refractivity contribution in [1.29, 1.82) is 0 Å². The molecule has 1 aromatic heterocycles. The van der Waals surface area contributed by atoms with Crippen molar-refractivity contribution in [2.75, 3.05) is 0 Å². The second-order valence-electron chi connectivity index (χ2n) is 4.25. The summed E-state index contributed by atoms with van der Waals surface area (Å²) in [5.74, 6) is -3.50. The summed E-state index contributed by atoms with van der Waals surface area (Å²) < 4.78 is 26.2. The molecule has 1 heterocycles. The van der Waals surface area contributed by atoms with Gasteiger partial charge in [0, 0.05) is 4.88 Å². The van der Waals surface area contributed by atoms with E-state index in [0.29, 0.717) is 12.1 Å². The zero-order valence-electron chi connectivity index (χ0n) is 10.9. The van der Waals surface area contributed by atoms with Crippen LogP contribution in [0.1, 0.15) is 20.8 Å². The highest BCUT2D eigenvalue weighted by molar-refractivity contribution is 7.10. The number of hydrogen-bond donors (Lipinski definition) is 1. The first-order chi connectivity index (χ1) is 9.90. The first kappa shape index (κ1) is 15.0. The number of thiophene rings is 1. The number of nitro benzene ring substituents is 1. The summed E-state index contributed by atoms with van der Waals surface area (Å²) in [5, 5.41) is 15.1. The van der Waals surface area contributed by atoms with E-state index >= 15 is 0 Å². The molecule has 0 bridgehead atoms. The second-order valence-corrected chi connectivity index (χ2v) is 5.25. The van der Waals surface area contributed by atoms with Gasteiger partial charge in [-0.15, -0.1) is 11.3 Å². The molecule has 0 aliphatic carbocycles. The third kappa shape index (κ3) is 3.22. The van der Waals surface area contributed by atoms with Crippen molar-refractivity contribution in [3.8, 4) is 0 Å². The van der Waals surface area contributed by atoms with Crippen LogP contribution in [0.4, 0.5) is 14.5 Å². The van der Waals surface area contributed by atoms with Crippen molar-refractivity contribution in [2.45, 2.75) is 13.5 Å². The van der Waals surface area contributed by atoms with Crippen molar-refractivity contribution in [3.05, 3.63) is 61.3 Å². The monoisotopic (exact) mass is 312 g/mol. The number of nitrogens with one attached hydrogen (secondary N) is 1. The maximum Gasteiger partial charge on any atom is 0.285 e. The van der Waals surface area contributed by atoms with E-state index in [9.17, 15) is 23.7 Å². The first-order valence-corrected chi connectivity index (χ1v) is 6.72. The molecule has 2 aromatic rings. The maximum atomic E-state index is 13.2. The Morgan fingerprint density at radius 2 is 2.05 bits per heavy atom. The molecule has 0 unspecified atom stereocenters. The van der Waals surface area contributed by atoms with Gasteiger partial charge in [-0.25, -0.2) is 8.78 Å². The third-order valence-electron chi connectivity index (χ3n) is 2.86. The smallest absolute Gasteiger partial charge is 0.285 e. The predicted molar refractivity (Wildman–Crippen MR) is 73.2 cm³/mol. The van der Waals surface area contributed by atoms with Crippen LogP contribution in [0.2, 0.25) is 0 Å². The minimum Gasteiger partial charge on any atom is -0.347 e. The van der Waals surface area contributed by atoms with Gasteiger partial charge >= 0.3 is 0 Å². The van der Waals surface area contributed by atoms with Crippen molar-refractivity contribution in [2.24, 2.45) is 0 Å². The van der Waals surface area contributed by atoms with Gasteiger partial charge in [-0.1, -0.05) is 0 Å². The van der Waals surface area contributed by atoms with Crippen molar-refractivity contribution >= 4 is 22.9 Å². The van der Waals surface area contributed by atoms with Gasteiger partial charge in [-0.2, -0.15) is 0 Å². The lowest BCUT2D eigenvalue weighted by molar-refractivity contribution is -0.385. The number of halogens is 2. The Morgan fingerprint density at radius 3 is 2.62 bits per heavy atom. The highest BCUT2D eigenvalue weighted by Crippen LogP contribution is 2.22. The minimum atomic E-state index is -1.37. The first-order valence-electron chi connectivity index (χ1n) is 5.84. The van der Waals surface area contributed by atoms with Crippen LogP contribution in [0.3, 0.4) is 0 Å². The van der Waals surface area contributed by atoms with Gasteiger partial charge in [0.05, 0.1) is 17.5 Å². The molecule has 0 atom stereocenters. The molecule has 2 rings (SSSR count). The van der Waals surface area contributed by atoms with Crippen LogP contribution in [-0.4, -0.2) is 10.8 Å². The quantitative estimate of drug-likeness (QED) is 0.696. The van der Waals surface area contributed by atoms with E-state index < -0.39 is 33.7 Å². The number of benzene rings is 1. The van der Waals surface area contributed by atoms with Gasteiger partial charge in [-0.05, 0) is 30.0 Å². The average molecular weight is 312 g/mol. The van der Waals surface area contributed by atoms with Crippen LogP contribution in [0.15, 0.2) is 23.6 Å². The predicted octanol–water partition coefficient (Wildman–Crippen LogP) is 3.17. The number of rotatable bonds is 4. The van der Waals surface area contributed by atoms with Crippen LogP contribution in [0, 0.1) is 28.7 Å². The normalized spacial score (nSPS) is 10.4. The van der Waals surface area contributed by atoms with Crippen molar-refractivity contribution in [1.82, 2.24) is 5.32 Å². The average Bonchev–Trinajstić information content (AvgIpc) is 2.84. The lowest BCUT2D eigenvalue weighted by Gasteiger charge is -2.06. The van der Waals surface area contributed by atoms with Crippen LogP contribution < -0.4 is 5.32 Å². The number of amides is 1. The summed E-state index contributed by atoms with van der Waals surface area (Å²) in [4.78, 5) is 22.7. The summed E-state index contributed by atoms with van der Waals surface area (Å²) in [7, 11) is 0. The zero-order chi connectivity index (χ0) is 15.6. The Hall–Kier alpha value is -2.35. The largest absolute Gasteiger partial charge is 0.347 e. The molecule has 0 spiro atoms. The third-order valence-corrected chi connectivity index (χ3v) is 3.88. The molecule has 0 saturated carbocycles. The van der Waals surface area contributed by atoms with Crippen molar-refractivity contribution in [3.63, 3.8) is 0 Å². The van der Waals surface area contributed by atoms with E-state index in [-0.39, 0.29) is 6.54 Å². The van der Waals surface area contributed by atoms with E-state index in [1.807, 2.05) is 18.4 Å². The molecular weight excluding hydrogens is 302 g/mol. The Kier molecular flexibility index (Phi) is 4.27. The standard InChI is InChI=1S/C13H10F2N2O3S/c1-7-2-3-21-12(7)6-16-13(18)8-4-9(14)10(15)5-11(8)17(19)20/h2-5H,6H2,1H3,(H,16,18). The highest BCUT2D eigenvalue weighted by Gasteiger charge is 2.23. The van der Waals surface area contributed by atoms with Gasteiger partial charge in [0.1, 0.15) is 5.56 Å². The van der Waals surface area contributed by atoms with Crippen LogP contribution in [0.25, 0.3) is 0 Å². The molecule has 110 valence electrons. The summed E-state index contributed by atoms with van der Waals surface area (Å²) >= 11 is 1.42. The molecule has 0 radical (unpaired) electrons. The molecule has 1 aromatic carbocycles. The molecule has 1 N–H and O–H groups in total. The van der Waals surface area contributed by atoms with Crippen molar-refractivity contribution < 1.29 is 18.5 Å². The van der Waals surface area contributed by atoms with E-state index in [0.717, 1.165) is 10.4 Å². The molecule has 1 amide bonds. The minimum absolute atomic E-state index is 0.165. The van der Waals surface area contributed by atoms with Gasteiger partial charge < -0.3 is 5.32 Å². The molecular formula is C13H10F2N2O3S. The van der Waals surface area contributed by atoms with E-state index in [4.69, 9.17) is 0 Å².